The lowest BCUT2D eigenvalue weighted by Crippen LogP contribution is -2.16. The fraction of sp³-hybridized carbons (Fsp3) is 0.400. The van der Waals surface area contributed by atoms with Crippen LogP contribution in [0, 0.1) is 0 Å². The van der Waals surface area contributed by atoms with E-state index in [-0.39, 0.29) is 5.75 Å². The lowest BCUT2D eigenvalue weighted by molar-refractivity contribution is 0.596. The van der Waals surface area contributed by atoms with Crippen LogP contribution in [-0.4, -0.2) is 19.9 Å². The summed E-state index contributed by atoms with van der Waals surface area (Å²) in [5, 5.41) is 5.62. The Morgan fingerprint density at radius 1 is 1.38 bits per heavy atom. The first-order valence-corrected chi connectivity index (χ1v) is 8.05. The Balaban J connectivity index is 2.21. The summed E-state index contributed by atoms with van der Waals surface area (Å²) in [6.45, 7) is 0. The van der Waals surface area contributed by atoms with Crippen LogP contribution in [0.4, 0.5) is 0 Å². The molecule has 0 radical (unpaired) electrons. The number of hydrogen-bond acceptors (Lipinski definition) is 3. The van der Waals surface area contributed by atoms with Gasteiger partial charge in [0.1, 0.15) is 0 Å². The summed E-state index contributed by atoms with van der Waals surface area (Å²) in [5.74, 6) is 1.67. The topological polar surface area (TPSA) is 60.2 Å². The van der Waals surface area contributed by atoms with Crippen LogP contribution in [-0.2, 0) is 15.8 Å². The number of benzene rings is 1. The minimum atomic E-state index is -3.31. The zero-order chi connectivity index (χ0) is 12.0. The van der Waals surface area contributed by atoms with Crippen LogP contribution in [0.5, 0.6) is 0 Å². The van der Waals surface area contributed by atoms with Crippen LogP contribution in [0.25, 0.3) is 0 Å². The zero-order valence-corrected chi connectivity index (χ0v) is 11.1. The molecule has 0 aliphatic carbocycles. The van der Waals surface area contributed by atoms with Crippen molar-refractivity contribution in [3.05, 3.63) is 34.9 Å². The van der Waals surface area contributed by atoms with E-state index in [9.17, 15) is 8.42 Å². The molecule has 0 bridgehead atoms. The van der Waals surface area contributed by atoms with Crippen molar-refractivity contribution in [2.75, 3.05) is 11.5 Å². The number of rotatable bonds is 6. The van der Waals surface area contributed by atoms with Crippen LogP contribution in [0.15, 0.2) is 24.3 Å². The molecule has 0 saturated carbocycles. The molecule has 0 fully saturated rings. The van der Waals surface area contributed by atoms with Crippen LogP contribution >= 0.6 is 23.4 Å². The largest absolute Gasteiger partial charge is 0.229 e. The SMILES string of the molecule is NS(=O)(=O)CCCSCc1cccc(Cl)c1. The number of hydrogen-bond donors (Lipinski definition) is 1. The molecule has 6 heteroatoms. The molecule has 1 rings (SSSR count). The third kappa shape index (κ3) is 6.37. The number of primary sulfonamides is 1. The summed E-state index contributed by atoms with van der Waals surface area (Å²) in [5.41, 5.74) is 1.15. The highest BCUT2D eigenvalue weighted by Crippen LogP contribution is 2.17. The average molecular weight is 280 g/mol. The predicted octanol–water partition coefficient (Wildman–Crippen LogP) is 2.25. The first-order chi connectivity index (χ1) is 7.47. The smallest absolute Gasteiger partial charge is 0.209 e. The monoisotopic (exact) mass is 279 g/mol. The molecule has 1 aromatic carbocycles. The third-order valence-corrected chi connectivity index (χ3v) is 4.08. The first kappa shape index (κ1) is 13.8. The molecule has 0 heterocycles. The highest BCUT2D eigenvalue weighted by atomic mass is 35.5. The lowest BCUT2D eigenvalue weighted by Gasteiger charge is -2.02. The minimum Gasteiger partial charge on any atom is -0.229 e. The molecule has 16 heavy (non-hydrogen) atoms. The van der Waals surface area contributed by atoms with Gasteiger partial charge in [-0.3, -0.25) is 0 Å². The molecule has 3 nitrogen and oxygen atoms in total. The van der Waals surface area contributed by atoms with Crippen molar-refractivity contribution in [3.8, 4) is 0 Å². The van der Waals surface area contributed by atoms with Crippen LogP contribution in [0.3, 0.4) is 0 Å². The van der Waals surface area contributed by atoms with E-state index in [0.717, 1.165) is 22.1 Å². The lowest BCUT2D eigenvalue weighted by atomic mass is 10.2. The van der Waals surface area contributed by atoms with E-state index in [1.165, 1.54) is 0 Å². The third-order valence-electron chi connectivity index (χ3n) is 1.88. The normalized spacial score (nSPS) is 11.6. The molecule has 0 unspecified atom stereocenters. The van der Waals surface area contributed by atoms with Crippen molar-refractivity contribution in [3.63, 3.8) is 0 Å². The summed E-state index contributed by atoms with van der Waals surface area (Å²) in [4.78, 5) is 0. The van der Waals surface area contributed by atoms with E-state index in [2.05, 4.69) is 0 Å². The van der Waals surface area contributed by atoms with Crippen LogP contribution in [0.2, 0.25) is 5.02 Å². The van der Waals surface area contributed by atoms with Gasteiger partial charge < -0.3 is 0 Å². The van der Waals surface area contributed by atoms with E-state index in [4.69, 9.17) is 16.7 Å². The van der Waals surface area contributed by atoms with Gasteiger partial charge in [-0.1, -0.05) is 23.7 Å². The predicted molar refractivity (Wildman–Crippen MR) is 70.2 cm³/mol. The van der Waals surface area contributed by atoms with Crippen LogP contribution < -0.4 is 5.14 Å². The number of halogens is 1. The summed E-state index contributed by atoms with van der Waals surface area (Å²) >= 11 is 7.52. The molecule has 0 saturated heterocycles. The Kier molecular flexibility index (Phi) is 5.61. The van der Waals surface area contributed by atoms with Crippen molar-refractivity contribution < 1.29 is 8.42 Å². The van der Waals surface area contributed by atoms with Gasteiger partial charge in [-0.25, -0.2) is 13.6 Å². The maximum atomic E-state index is 10.7. The number of nitrogens with two attached hydrogens (primary N) is 1. The minimum absolute atomic E-state index is 0.0511. The summed E-state index contributed by atoms with van der Waals surface area (Å²) in [7, 11) is -3.31. The Morgan fingerprint density at radius 2 is 2.12 bits per heavy atom. The summed E-state index contributed by atoms with van der Waals surface area (Å²) < 4.78 is 21.3. The maximum absolute atomic E-state index is 10.7. The standard InChI is InChI=1S/C10H14ClNO2S2/c11-10-4-1-3-9(7-10)8-15-5-2-6-16(12,13)14/h1,3-4,7H,2,5-6,8H2,(H2,12,13,14). The Morgan fingerprint density at radius 3 is 2.75 bits per heavy atom. The Hall–Kier alpha value is -0.230. The number of sulfonamides is 1. The molecule has 1 aromatic rings. The van der Waals surface area contributed by atoms with Crippen LogP contribution in [0.1, 0.15) is 12.0 Å². The van der Waals surface area contributed by atoms with Crippen molar-refractivity contribution in [1.82, 2.24) is 0 Å². The van der Waals surface area contributed by atoms with Gasteiger partial charge in [0.15, 0.2) is 0 Å². The molecule has 0 aliphatic rings. The number of thioether (sulfide) groups is 1. The Bertz CT molecular complexity index is 434. The fourth-order valence-electron chi connectivity index (χ4n) is 1.18. The second-order valence-corrected chi connectivity index (χ2v) is 6.68. The van der Waals surface area contributed by atoms with Gasteiger partial charge in [0.2, 0.25) is 10.0 Å². The van der Waals surface area contributed by atoms with Crippen molar-refractivity contribution >= 4 is 33.4 Å². The second-order valence-electron chi connectivity index (χ2n) is 3.40. The van der Waals surface area contributed by atoms with Gasteiger partial charge in [0.05, 0.1) is 5.75 Å². The molecule has 0 spiro atoms. The molecule has 2 N–H and O–H groups in total. The molecule has 90 valence electrons. The van der Waals surface area contributed by atoms with Crippen molar-refractivity contribution in [1.29, 1.82) is 0 Å². The molecule has 0 amide bonds. The first-order valence-electron chi connectivity index (χ1n) is 4.80. The zero-order valence-electron chi connectivity index (χ0n) is 8.73. The van der Waals surface area contributed by atoms with E-state index in [1.807, 2.05) is 24.3 Å². The molecule has 0 atom stereocenters. The summed E-state index contributed by atoms with van der Waals surface area (Å²) in [6.07, 6.45) is 0.587. The van der Waals surface area contributed by atoms with Gasteiger partial charge in [-0.2, -0.15) is 11.8 Å². The maximum Gasteiger partial charge on any atom is 0.209 e. The fourth-order valence-corrected chi connectivity index (χ4v) is 3.03. The van der Waals surface area contributed by atoms with E-state index in [0.29, 0.717) is 6.42 Å². The van der Waals surface area contributed by atoms with Gasteiger partial charge >= 0.3 is 0 Å². The van der Waals surface area contributed by atoms with E-state index >= 15 is 0 Å². The molecular formula is C10H14ClNO2S2. The van der Waals surface area contributed by atoms with E-state index in [1.54, 1.807) is 11.8 Å². The average Bonchev–Trinajstić information content (AvgIpc) is 2.15. The molecule has 0 aliphatic heterocycles. The highest BCUT2D eigenvalue weighted by molar-refractivity contribution is 7.98. The van der Waals surface area contributed by atoms with Gasteiger partial charge in [-0.15, -0.1) is 0 Å². The van der Waals surface area contributed by atoms with E-state index < -0.39 is 10.0 Å². The molecular weight excluding hydrogens is 266 g/mol. The van der Waals surface area contributed by atoms with Crippen molar-refractivity contribution in [2.24, 2.45) is 5.14 Å². The molecule has 0 aromatic heterocycles. The Labute approximate surface area is 105 Å². The second kappa shape index (κ2) is 6.49. The quantitative estimate of drug-likeness (QED) is 0.813. The summed E-state index contributed by atoms with van der Waals surface area (Å²) in [6, 6.07) is 7.64. The van der Waals surface area contributed by atoms with Gasteiger partial charge in [-0.05, 0) is 29.9 Å². The highest BCUT2D eigenvalue weighted by Gasteiger charge is 2.01. The van der Waals surface area contributed by atoms with Crippen molar-refractivity contribution in [2.45, 2.75) is 12.2 Å². The van der Waals surface area contributed by atoms with Gasteiger partial charge in [0.25, 0.3) is 0 Å². The van der Waals surface area contributed by atoms with Gasteiger partial charge in [0, 0.05) is 10.8 Å².